The SMILES string of the molecule is C.O=C(NCCC1CC1)c1ccccc1OCc1cc(=O)n2[nH]c(-c3ccccc3)nc2n1. The fourth-order valence-electron chi connectivity index (χ4n) is 3.55. The van der Waals surface area contributed by atoms with Crippen LogP contribution >= 0.6 is 0 Å². The van der Waals surface area contributed by atoms with Gasteiger partial charge in [0, 0.05) is 18.2 Å². The maximum absolute atomic E-state index is 12.6. The minimum absolute atomic E-state index is 0. The van der Waals surface area contributed by atoms with Gasteiger partial charge in [-0.1, -0.05) is 62.7 Å². The molecule has 4 aromatic rings. The van der Waals surface area contributed by atoms with Crippen molar-refractivity contribution in [3.8, 4) is 17.1 Å². The summed E-state index contributed by atoms with van der Waals surface area (Å²) in [5.74, 6) is 1.86. The van der Waals surface area contributed by atoms with E-state index in [0.29, 0.717) is 29.4 Å². The molecule has 8 heteroatoms. The second kappa shape index (κ2) is 9.68. The van der Waals surface area contributed by atoms with E-state index in [4.69, 9.17) is 4.74 Å². The Hall–Kier alpha value is -3.94. The van der Waals surface area contributed by atoms with Crippen LogP contribution < -0.4 is 15.6 Å². The molecule has 0 saturated heterocycles. The number of hydrogen-bond acceptors (Lipinski definition) is 5. The fraction of sp³-hybridized carbons (Fsp3) is 0.280. The summed E-state index contributed by atoms with van der Waals surface area (Å²) in [6.07, 6.45) is 3.53. The number of rotatable bonds is 8. The Balaban J connectivity index is 0.00000259. The highest BCUT2D eigenvalue weighted by Crippen LogP contribution is 2.31. The number of hydrogen-bond donors (Lipinski definition) is 2. The second-order valence-electron chi connectivity index (χ2n) is 7.93. The summed E-state index contributed by atoms with van der Waals surface area (Å²) in [4.78, 5) is 34.0. The summed E-state index contributed by atoms with van der Waals surface area (Å²) >= 11 is 0. The molecule has 33 heavy (non-hydrogen) atoms. The number of para-hydroxylation sites is 1. The van der Waals surface area contributed by atoms with E-state index in [1.54, 1.807) is 18.2 Å². The quantitative estimate of drug-likeness (QED) is 0.429. The third-order valence-corrected chi connectivity index (χ3v) is 5.47. The van der Waals surface area contributed by atoms with Gasteiger partial charge in [0.2, 0.25) is 0 Å². The third-order valence-electron chi connectivity index (χ3n) is 5.47. The molecule has 2 heterocycles. The molecule has 5 rings (SSSR count). The molecule has 0 spiro atoms. The van der Waals surface area contributed by atoms with Crippen LogP contribution in [0.15, 0.2) is 65.5 Å². The average Bonchev–Trinajstić information content (AvgIpc) is 3.54. The standard InChI is InChI=1S/C24H23N5O3.CH4/c30-21-14-18(26-24-27-22(28-29(21)24)17-6-2-1-3-7-17)15-32-20-9-5-4-8-19(20)23(31)25-13-12-16-10-11-16;/h1-9,14,16H,10-13,15H2,(H,25,31)(H,26,27,28);1H4. The fourth-order valence-corrected chi connectivity index (χ4v) is 3.55. The molecule has 1 amide bonds. The molecule has 0 aliphatic heterocycles. The minimum Gasteiger partial charge on any atom is -0.486 e. The lowest BCUT2D eigenvalue weighted by Gasteiger charge is -2.11. The van der Waals surface area contributed by atoms with Gasteiger partial charge in [0.25, 0.3) is 17.2 Å². The normalized spacial score (nSPS) is 12.8. The Morgan fingerprint density at radius 2 is 1.85 bits per heavy atom. The van der Waals surface area contributed by atoms with Crippen LogP contribution in [-0.4, -0.2) is 32.0 Å². The number of H-pyrrole nitrogens is 1. The first kappa shape index (κ1) is 22.3. The Kier molecular flexibility index (Phi) is 6.53. The molecule has 2 aromatic heterocycles. The Labute approximate surface area is 191 Å². The number of benzene rings is 2. The van der Waals surface area contributed by atoms with Gasteiger partial charge in [-0.2, -0.15) is 9.50 Å². The van der Waals surface area contributed by atoms with Crippen LogP contribution in [-0.2, 0) is 6.61 Å². The molecule has 1 fully saturated rings. The van der Waals surface area contributed by atoms with Crippen molar-refractivity contribution in [3.05, 3.63) is 82.3 Å². The van der Waals surface area contributed by atoms with Crippen molar-refractivity contribution in [3.63, 3.8) is 0 Å². The number of fused-ring (bicyclic) bond motifs is 1. The predicted octanol–water partition coefficient (Wildman–Crippen LogP) is 3.83. The molecule has 1 saturated carbocycles. The van der Waals surface area contributed by atoms with E-state index in [2.05, 4.69) is 20.4 Å². The summed E-state index contributed by atoms with van der Waals surface area (Å²) in [6.45, 7) is 0.710. The molecule has 2 N–H and O–H groups in total. The van der Waals surface area contributed by atoms with Gasteiger partial charge in [0.15, 0.2) is 5.82 Å². The van der Waals surface area contributed by atoms with E-state index in [1.807, 2.05) is 36.4 Å². The summed E-state index contributed by atoms with van der Waals surface area (Å²) in [5.41, 5.74) is 1.48. The number of nitrogens with zero attached hydrogens (tertiary/aromatic N) is 3. The van der Waals surface area contributed by atoms with Crippen LogP contribution in [0, 0.1) is 5.92 Å². The maximum Gasteiger partial charge on any atom is 0.274 e. The van der Waals surface area contributed by atoms with Crippen LogP contribution in [0.2, 0.25) is 0 Å². The van der Waals surface area contributed by atoms with Gasteiger partial charge in [-0.15, -0.1) is 0 Å². The summed E-state index contributed by atoms with van der Waals surface area (Å²) in [5, 5.41) is 5.93. The molecular formula is C25H27N5O3. The first-order valence-corrected chi connectivity index (χ1v) is 10.7. The van der Waals surface area contributed by atoms with Crippen LogP contribution in [0.25, 0.3) is 17.2 Å². The number of nitrogens with one attached hydrogen (secondary N) is 2. The van der Waals surface area contributed by atoms with Gasteiger partial charge in [0.1, 0.15) is 12.4 Å². The predicted molar refractivity (Wildman–Crippen MR) is 126 cm³/mol. The number of amides is 1. The van der Waals surface area contributed by atoms with Gasteiger partial charge in [-0.05, 0) is 24.5 Å². The zero-order chi connectivity index (χ0) is 21.9. The van der Waals surface area contributed by atoms with Crippen molar-refractivity contribution in [2.75, 3.05) is 6.54 Å². The summed E-state index contributed by atoms with van der Waals surface area (Å²) in [6, 6.07) is 18.0. The monoisotopic (exact) mass is 445 g/mol. The first-order chi connectivity index (χ1) is 15.7. The number of aromatic nitrogens is 4. The van der Waals surface area contributed by atoms with E-state index in [9.17, 15) is 9.59 Å². The summed E-state index contributed by atoms with van der Waals surface area (Å²) < 4.78 is 7.17. The molecule has 0 atom stereocenters. The van der Waals surface area contributed by atoms with Crippen molar-refractivity contribution in [2.45, 2.75) is 33.3 Å². The number of ether oxygens (including phenoxy) is 1. The first-order valence-electron chi connectivity index (χ1n) is 10.7. The zero-order valence-electron chi connectivity index (χ0n) is 17.5. The second-order valence-corrected chi connectivity index (χ2v) is 7.93. The smallest absolute Gasteiger partial charge is 0.274 e. The molecule has 0 unspecified atom stereocenters. The molecular weight excluding hydrogens is 418 g/mol. The highest BCUT2D eigenvalue weighted by molar-refractivity contribution is 5.96. The Morgan fingerprint density at radius 3 is 2.64 bits per heavy atom. The van der Waals surface area contributed by atoms with Crippen molar-refractivity contribution in [1.29, 1.82) is 0 Å². The lowest BCUT2D eigenvalue weighted by atomic mass is 10.2. The molecule has 2 aromatic carbocycles. The number of carbonyl (C=O) groups is 1. The van der Waals surface area contributed by atoms with Gasteiger partial charge < -0.3 is 10.1 Å². The minimum atomic E-state index is -0.283. The largest absolute Gasteiger partial charge is 0.486 e. The third kappa shape index (κ3) is 5.11. The van der Waals surface area contributed by atoms with Crippen LogP contribution in [0.3, 0.4) is 0 Å². The van der Waals surface area contributed by atoms with Crippen molar-refractivity contribution in [1.82, 2.24) is 24.9 Å². The molecule has 8 nitrogen and oxygen atoms in total. The van der Waals surface area contributed by atoms with Gasteiger partial charge in [-0.25, -0.2) is 4.98 Å². The number of aromatic amines is 1. The van der Waals surface area contributed by atoms with Crippen LogP contribution in [0.4, 0.5) is 0 Å². The highest BCUT2D eigenvalue weighted by atomic mass is 16.5. The Bertz CT molecular complexity index is 1310. The van der Waals surface area contributed by atoms with Crippen molar-refractivity contribution in [2.24, 2.45) is 5.92 Å². The molecule has 170 valence electrons. The van der Waals surface area contributed by atoms with E-state index < -0.39 is 0 Å². The zero-order valence-corrected chi connectivity index (χ0v) is 17.5. The van der Waals surface area contributed by atoms with E-state index in [0.717, 1.165) is 17.9 Å². The van der Waals surface area contributed by atoms with Crippen molar-refractivity contribution >= 4 is 11.7 Å². The van der Waals surface area contributed by atoms with Gasteiger partial charge in [0.05, 0.1) is 11.3 Å². The lowest BCUT2D eigenvalue weighted by Crippen LogP contribution is -2.25. The average molecular weight is 446 g/mol. The lowest BCUT2D eigenvalue weighted by molar-refractivity contribution is 0.0948. The van der Waals surface area contributed by atoms with Gasteiger partial charge in [-0.3, -0.25) is 14.7 Å². The van der Waals surface area contributed by atoms with E-state index in [-0.39, 0.29) is 31.3 Å². The van der Waals surface area contributed by atoms with E-state index in [1.165, 1.54) is 23.4 Å². The van der Waals surface area contributed by atoms with Crippen molar-refractivity contribution < 1.29 is 9.53 Å². The maximum atomic E-state index is 12.6. The molecule has 1 aliphatic carbocycles. The summed E-state index contributed by atoms with van der Waals surface area (Å²) in [7, 11) is 0. The molecule has 0 bridgehead atoms. The van der Waals surface area contributed by atoms with Crippen LogP contribution in [0.1, 0.15) is 42.7 Å². The van der Waals surface area contributed by atoms with Crippen LogP contribution in [0.5, 0.6) is 5.75 Å². The Morgan fingerprint density at radius 1 is 1.09 bits per heavy atom. The van der Waals surface area contributed by atoms with Gasteiger partial charge >= 0.3 is 0 Å². The number of carbonyl (C=O) groups excluding carboxylic acids is 1. The highest BCUT2D eigenvalue weighted by Gasteiger charge is 2.21. The van der Waals surface area contributed by atoms with E-state index >= 15 is 0 Å². The molecule has 1 aliphatic rings. The molecule has 0 radical (unpaired) electrons. The topological polar surface area (TPSA) is 101 Å².